The van der Waals surface area contributed by atoms with Crippen LogP contribution in [0.1, 0.15) is 37.4 Å². The summed E-state index contributed by atoms with van der Waals surface area (Å²) in [6, 6.07) is 4.09. The van der Waals surface area contributed by atoms with E-state index in [4.69, 9.17) is 20.9 Å². The number of ether oxygens (including phenoxy) is 2. The summed E-state index contributed by atoms with van der Waals surface area (Å²) in [5.74, 6) is -2.59. The molecule has 2 aromatic carbocycles. The van der Waals surface area contributed by atoms with Gasteiger partial charge in [-0.2, -0.15) is 13.2 Å². The van der Waals surface area contributed by atoms with Crippen LogP contribution >= 0.6 is 0 Å². The molecule has 10 nitrogen and oxygen atoms in total. The van der Waals surface area contributed by atoms with Gasteiger partial charge >= 0.3 is 6.18 Å². The third-order valence-electron chi connectivity index (χ3n) is 6.05. The number of carbonyl (C=O) groups is 2. The van der Waals surface area contributed by atoms with E-state index in [9.17, 15) is 43.2 Å². The van der Waals surface area contributed by atoms with E-state index in [-0.39, 0.29) is 33.4 Å². The highest BCUT2D eigenvalue weighted by atomic mass is 19.4. The van der Waals surface area contributed by atoms with Gasteiger partial charge in [-0.3, -0.25) is 9.59 Å². The molecule has 0 saturated carbocycles. The Bertz CT molecular complexity index is 1180. The predicted molar refractivity (Wildman–Crippen MR) is 118 cm³/mol. The van der Waals surface area contributed by atoms with Crippen molar-refractivity contribution in [2.45, 2.75) is 50.7 Å². The molecule has 5 atom stereocenters. The number of aliphatic hydroxyl groups is 4. The number of amides is 2. The van der Waals surface area contributed by atoms with E-state index >= 15 is 0 Å². The largest absolute Gasteiger partial charge is 0.461 e. The normalized spacial score (nSPS) is 24.4. The van der Waals surface area contributed by atoms with Crippen molar-refractivity contribution in [3.05, 3.63) is 52.1 Å². The topological polar surface area (TPSA) is 186 Å². The lowest BCUT2D eigenvalue weighted by Gasteiger charge is -2.39. The minimum atomic E-state index is -4.98. The van der Waals surface area contributed by atoms with E-state index in [1.807, 2.05) is 0 Å². The van der Waals surface area contributed by atoms with Gasteiger partial charge in [0.2, 0.25) is 18.1 Å². The van der Waals surface area contributed by atoms with E-state index in [1.54, 1.807) is 0 Å². The van der Waals surface area contributed by atoms with Gasteiger partial charge in [0.1, 0.15) is 30.2 Å². The molecule has 36 heavy (non-hydrogen) atoms. The van der Waals surface area contributed by atoms with Crippen LogP contribution in [0.3, 0.4) is 0 Å². The highest BCUT2D eigenvalue weighted by Gasteiger charge is 2.46. The van der Waals surface area contributed by atoms with E-state index in [0.717, 1.165) is 6.07 Å². The Kier molecular flexibility index (Phi) is 7.62. The van der Waals surface area contributed by atoms with Crippen LogP contribution in [0.15, 0.2) is 24.3 Å². The molecule has 0 spiro atoms. The Morgan fingerprint density at radius 1 is 1.00 bits per heavy atom. The first-order chi connectivity index (χ1) is 16.7. The van der Waals surface area contributed by atoms with Gasteiger partial charge in [-0.05, 0) is 54.3 Å². The van der Waals surface area contributed by atoms with Crippen molar-refractivity contribution in [1.29, 1.82) is 0 Å². The average molecular weight is 514 g/mol. The van der Waals surface area contributed by atoms with Crippen molar-refractivity contribution < 1.29 is 52.7 Å². The molecule has 13 heteroatoms. The molecular weight excluding hydrogens is 489 g/mol. The number of primary amides is 2. The van der Waals surface area contributed by atoms with Gasteiger partial charge < -0.3 is 41.4 Å². The summed E-state index contributed by atoms with van der Waals surface area (Å²) >= 11 is 0. The Morgan fingerprint density at radius 3 is 2.17 bits per heavy atom. The molecule has 1 aliphatic heterocycles. The maximum atomic E-state index is 14.0. The summed E-state index contributed by atoms with van der Waals surface area (Å²) in [5, 5.41) is 39.2. The number of hydrogen-bond acceptors (Lipinski definition) is 8. The molecule has 0 aliphatic carbocycles. The number of rotatable bonds is 6. The smallest absolute Gasteiger partial charge is 0.419 e. The molecule has 0 aromatic heterocycles. The van der Waals surface area contributed by atoms with Crippen LogP contribution in [0.25, 0.3) is 11.1 Å². The Morgan fingerprint density at radius 2 is 1.64 bits per heavy atom. The van der Waals surface area contributed by atoms with E-state index in [2.05, 4.69) is 0 Å². The lowest BCUT2D eigenvalue weighted by atomic mass is 9.88. The monoisotopic (exact) mass is 514 g/mol. The molecule has 196 valence electrons. The van der Waals surface area contributed by atoms with Crippen molar-refractivity contribution in [3.8, 4) is 16.9 Å². The summed E-state index contributed by atoms with van der Waals surface area (Å²) in [4.78, 5) is 23.9. The van der Waals surface area contributed by atoms with Crippen molar-refractivity contribution >= 4 is 11.8 Å². The van der Waals surface area contributed by atoms with Crippen LogP contribution in [0.2, 0.25) is 0 Å². The first kappa shape index (κ1) is 27.4. The minimum Gasteiger partial charge on any atom is -0.461 e. The summed E-state index contributed by atoms with van der Waals surface area (Å²) in [7, 11) is 0. The molecule has 0 bridgehead atoms. The van der Waals surface area contributed by atoms with Crippen molar-refractivity contribution in [3.63, 3.8) is 0 Å². The molecule has 0 radical (unpaired) electrons. The second-order valence-electron chi connectivity index (χ2n) is 8.35. The highest BCUT2D eigenvalue weighted by Crippen LogP contribution is 2.41. The zero-order chi connectivity index (χ0) is 27.1. The lowest BCUT2D eigenvalue weighted by molar-refractivity contribution is -0.278. The van der Waals surface area contributed by atoms with Crippen LogP contribution in [-0.2, 0) is 10.9 Å². The summed E-state index contributed by atoms with van der Waals surface area (Å²) in [6.45, 7) is 2.10. The maximum absolute atomic E-state index is 14.0. The number of aliphatic hydroxyl groups excluding tert-OH is 4. The van der Waals surface area contributed by atoms with Gasteiger partial charge in [0, 0.05) is 11.1 Å². The summed E-state index contributed by atoms with van der Waals surface area (Å²) in [6.07, 6.45) is -13.7. The van der Waals surface area contributed by atoms with Gasteiger partial charge in [-0.25, -0.2) is 0 Å². The third kappa shape index (κ3) is 5.01. The number of hydrogen-bond donors (Lipinski definition) is 6. The summed E-state index contributed by atoms with van der Waals surface area (Å²) in [5.41, 5.74) is 9.80. The number of alkyl halides is 3. The molecule has 2 amide bonds. The molecule has 3 rings (SSSR count). The second kappa shape index (κ2) is 10.0. The highest BCUT2D eigenvalue weighted by molar-refractivity contribution is 6.04. The Hall–Kier alpha value is -3.23. The molecule has 1 saturated heterocycles. The fraction of sp³-hybridized carbons (Fsp3) is 0.391. The third-order valence-corrected chi connectivity index (χ3v) is 6.05. The molecule has 1 fully saturated rings. The standard InChI is InChI=1S/C23H25F3N2O8/c1-8-11(6-12(20(27)33)9(2)16(8)21(28)34)10-3-4-14(13(5-10)23(24,25)26)35-22-19(32)18(31)17(30)15(7-29)36-22/h3-6,15,17-19,22,29-32H,7H2,1-2H3,(H2,27,33)(H2,28,34)/t15-,17-,18+,19+,22+/m1/s1. The zero-order valence-electron chi connectivity index (χ0n) is 19.1. The SMILES string of the molecule is Cc1c(C(N)=O)cc(-c2ccc(O[C@H]3O[C@H](CO)[C@@H](O)[C@H](O)[C@@H]3O)c(C(F)(F)F)c2)c(C)c1C(N)=O. The first-order valence-electron chi connectivity index (χ1n) is 10.6. The number of nitrogens with two attached hydrogens (primary N) is 2. The van der Waals surface area contributed by atoms with Crippen LogP contribution in [0.5, 0.6) is 5.75 Å². The average Bonchev–Trinajstić information content (AvgIpc) is 2.78. The predicted octanol–water partition coefficient (Wildman–Crippen LogP) is 0.366. The first-order valence-corrected chi connectivity index (χ1v) is 10.6. The van der Waals surface area contributed by atoms with Crippen molar-refractivity contribution in [1.82, 2.24) is 0 Å². The van der Waals surface area contributed by atoms with Crippen LogP contribution in [-0.4, -0.2) is 69.6 Å². The molecule has 1 aliphatic rings. The van der Waals surface area contributed by atoms with Crippen LogP contribution in [0, 0.1) is 13.8 Å². The van der Waals surface area contributed by atoms with Crippen LogP contribution in [0.4, 0.5) is 13.2 Å². The Balaban J connectivity index is 2.12. The van der Waals surface area contributed by atoms with Gasteiger partial charge in [-0.15, -0.1) is 0 Å². The Labute approximate surface area is 202 Å². The molecular formula is C23H25F3N2O8. The quantitative estimate of drug-likeness (QED) is 0.319. The van der Waals surface area contributed by atoms with Crippen molar-refractivity contribution in [2.75, 3.05) is 6.61 Å². The van der Waals surface area contributed by atoms with Gasteiger partial charge in [-0.1, -0.05) is 6.07 Å². The maximum Gasteiger partial charge on any atom is 0.419 e. The molecule has 2 aromatic rings. The second-order valence-corrected chi connectivity index (χ2v) is 8.35. The molecule has 0 unspecified atom stereocenters. The fourth-order valence-corrected chi connectivity index (χ4v) is 4.15. The zero-order valence-corrected chi connectivity index (χ0v) is 19.1. The number of halogens is 3. The van der Waals surface area contributed by atoms with Gasteiger partial charge in [0.05, 0.1) is 12.2 Å². The number of carbonyl (C=O) groups excluding carboxylic acids is 2. The minimum absolute atomic E-state index is 0.0500. The van der Waals surface area contributed by atoms with E-state index < -0.39 is 66.6 Å². The van der Waals surface area contributed by atoms with E-state index in [0.29, 0.717) is 6.07 Å². The van der Waals surface area contributed by atoms with Crippen molar-refractivity contribution in [2.24, 2.45) is 11.5 Å². The fourth-order valence-electron chi connectivity index (χ4n) is 4.15. The van der Waals surface area contributed by atoms with Gasteiger partial charge in [0.15, 0.2) is 0 Å². The summed E-state index contributed by atoms with van der Waals surface area (Å²) < 4.78 is 52.3. The van der Waals surface area contributed by atoms with Gasteiger partial charge in [0.25, 0.3) is 0 Å². The lowest BCUT2D eigenvalue weighted by Crippen LogP contribution is -2.60. The van der Waals surface area contributed by atoms with Crippen LogP contribution < -0.4 is 16.2 Å². The van der Waals surface area contributed by atoms with E-state index in [1.165, 1.54) is 26.0 Å². The molecule has 8 N–H and O–H groups in total. The molecule has 1 heterocycles. The number of benzene rings is 2.